The molecule has 0 aliphatic heterocycles. The summed E-state index contributed by atoms with van der Waals surface area (Å²) >= 11 is 3.33. The molecule has 0 fully saturated rings. The van der Waals surface area contributed by atoms with Gasteiger partial charge in [-0.25, -0.2) is 4.98 Å². The summed E-state index contributed by atoms with van der Waals surface area (Å²) in [7, 11) is 0. The Balaban J connectivity index is 1.92. The third-order valence-electron chi connectivity index (χ3n) is 2.64. The van der Waals surface area contributed by atoms with Crippen LogP contribution in [-0.2, 0) is 13.1 Å². The van der Waals surface area contributed by atoms with Gasteiger partial charge in [0.05, 0.1) is 24.1 Å². The second-order valence-electron chi connectivity index (χ2n) is 4.17. The summed E-state index contributed by atoms with van der Waals surface area (Å²) in [5.74, 6) is 0. The van der Waals surface area contributed by atoms with Gasteiger partial charge in [-0.2, -0.15) is 0 Å². The third kappa shape index (κ3) is 4.00. The Hall–Kier alpha value is -1.47. The Kier molecular flexibility index (Phi) is 4.86. The second-order valence-corrected chi connectivity index (χ2v) is 4.98. The number of pyridine rings is 1. The molecule has 0 unspecified atom stereocenters. The molecule has 2 aromatic heterocycles. The lowest BCUT2D eigenvalue weighted by atomic mass is 10.3. The Morgan fingerprint density at radius 2 is 2.26 bits per heavy atom. The number of aliphatic hydroxyl groups is 1. The topological polar surface area (TPSA) is 75.9 Å². The minimum atomic E-state index is 0.164. The molecule has 19 heavy (non-hydrogen) atoms. The highest BCUT2D eigenvalue weighted by Crippen LogP contribution is 2.16. The summed E-state index contributed by atoms with van der Waals surface area (Å²) in [5, 5.41) is 20.1. The molecule has 2 rings (SSSR count). The van der Waals surface area contributed by atoms with E-state index in [0.717, 1.165) is 21.7 Å². The number of aryl methyl sites for hydroxylation is 2. The molecule has 6 nitrogen and oxygen atoms in total. The van der Waals surface area contributed by atoms with Gasteiger partial charge in [-0.15, -0.1) is 5.10 Å². The van der Waals surface area contributed by atoms with E-state index in [-0.39, 0.29) is 6.61 Å². The SMILES string of the molecule is Cc1nc(Br)ccc1NCc1cn(CCCO)nn1. The summed E-state index contributed by atoms with van der Waals surface area (Å²) in [4.78, 5) is 4.32. The maximum Gasteiger partial charge on any atom is 0.106 e. The zero-order valence-corrected chi connectivity index (χ0v) is 12.3. The monoisotopic (exact) mass is 325 g/mol. The molecule has 102 valence electrons. The Morgan fingerprint density at radius 1 is 1.42 bits per heavy atom. The smallest absolute Gasteiger partial charge is 0.106 e. The second kappa shape index (κ2) is 6.63. The molecular weight excluding hydrogens is 310 g/mol. The zero-order chi connectivity index (χ0) is 13.7. The highest BCUT2D eigenvalue weighted by molar-refractivity contribution is 9.10. The van der Waals surface area contributed by atoms with E-state index in [0.29, 0.717) is 19.5 Å². The maximum atomic E-state index is 8.75. The Labute approximate surface area is 120 Å². The van der Waals surface area contributed by atoms with E-state index in [1.807, 2.05) is 25.3 Å². The van der Waals surface area contributed by atoms with Crippen LogP contribution >= 0.6 is 15.9 Å². The molecule has 0 amide bonds. The van der Waals surface area contributed by atoms with Crippen LogP contribution in [0.25, 0.3) is 0 Å². The van der Waals surface area contributed by atoms with Gasteiger partial charge in [0.2, 0.25) is 0 Å². The molecule has 0 bridgehead atoms. The van der Waals surface area contributed by atoms with Gasteiger partial charge in [-0.05, 0) is 41.4 Å². The standard InChI is InChI=1S/C12H16BrN5O/c1-9-11(3-4-12(13)15-9)14-7-10-8-18(17-16-10)5-2-6-19/h3-4,8,14,19H,2,5-7H2,1H3. The van der Waals surface area contributed by atoms with Crippen LogP contribution in [0.1, 0.15) is 17.8 Å². The van der Waals surface area contributed by atoms with Crippen LogP contribution in [-0.4, -0.2) is 31.7 Å². The van der Waals surface area contributed by atoms with Crippen LogP contribution in [0.2, 0.25) is 0 Å². The van der Waals surface area contributed by atoms with Crippen molar-refractivity contribution in [3.63, 3.8) is 0 Å². The van der Waals surface area contributed by atoms with Crippen molar-refractivity contribution in [1.82, 2.24) is 20.0 Å². The van der Waals surface area contributed by atoms with Crippen LogP contribution in [0.5, 0.6) is 0 Å². The van der Waals surface area contributed by atoms with Crippen LogP contribution < -0.4 is 5.32 Å². The van der Waals surface area contributed by atoms with Gasteiger partial charge in [0.25, 0.3) is 0 Å². The van der Waals surface area contributed by atoms with Crippen molar-refractivity contribution in [3.05, 3.63) is 34.3 Å². The fourth-order valence-electron chi connectivity index (χ4n) is 1.66. The van der Waals surface area contributed by atoms with Gasteiger partial charge >= 0.3 is 0 Å². The number of hydrogen-bond acceptors (Lipinski definition) is 5. The van der Waals surface area contributed by atoms with E-state index >= 15 is 0 Å². The lowest BCUT2D eigenvalue weighted by Crippen LogP contribution is -2.02. The van der Waals surface area contributed by atoms with Crippen molar-refractivity contribution in [1.29, 1.82) is 0 Å². The minimum absolute atomic E-state index is 0.164. The van der Waals surface area contributed by atoms with Crippen molar-refractivity contribution in [2.24, 2.45) is 0 Å². The largest absolute Gasteiger partial charge is 0.396 e. The van der Waals surface area contributed by atoms with Crippen molar-refractivity contribution < 1.29 is 5.11 Å². The van der Waals surface area contributed by atoms with E-state index in [2.05, 4.69) is 36.5 Å². The number of nitrogens with zero attached hydrogens (tertiary/aromatic N) is 4. The first-order valence-electron chi connectivity index (χ1n) is 6.06. The molecule has 2 N–H and O–H groups in total. The van der Waals surface area contributed by atoms with Gasteiger partial charge < -0.3 is 10.4 Å². The van der Waals surface area contributed by atoms with Gasteiger partial charge in [-0.1, -0.05) is 5.21 Å². The van der Waals surface area contributed by atoms with E-state index in [4.69, 9.17) is 5.11 Å². The number of anilines is 1. The fraction of sp³-hybridized carbons (Fsp3) is 0.417. The number of rotatable bonds is 6. The summed E-state index contributed by atoms with van der Waals surface area (Å²) in [6.45, 7) is 3.40. The van der Waals surface area contributed by atoms with Crippen LogP contribution in [0.3, 0.4) is 0 Å². The number of hydrogen-bond donors (Lipinski definition) is 2. The predicted molar refractivity (Wildman–Crippen MR) is 75.7 cm³/mol. The summed E-state index contributed by atoms with van der Waals surface area (Å²) in [6, 6.07) is 3.87. The average Bonchev–Trinajstić information content (AvgIpc) is 2.83. The van der Waals surface area contributed by atoms with E-state index in [9.17, 15) is 0 Å². The normalized spacial score (nSPS) is 10.7. The number of aliphatic hydroxyl groups excluding tert-OH is 1. The average molecular weight is 326 g/mol. The molecule has 0 atom stereocenters. The fourth-order valence-corrected chi connectivity index (χ4v) is 2.06. The molecule has 0 radical (unpaired) electrons. The van der Waals surface area contributed by atoms with E-state index in [1.54, 1.807) is 4.68 Å². The van der Waals surface area contributed by atoms with Crippen LogP contribution in [0.15, 0.2) is 22.9 Å². The van der Waals surface area contributed by atoms with E-state index < -0.39 is 0 Å². The molecule has 7 heteroatoms. The first-order chi connectivity index (χ1) is 9.19. The first-order valence-corrected chi connectivity index (χ1v) is 6.85. The molecule has 0 aliphatic carbocycles. The number of nitrogens with one attached hydrogen (secondary N) is 1. The summed E-state index contributed by atoms with van der Waals surface area (Å²) < 4.78 is 2.56. The quantitative estimate of drug-likeness (QED) is 0.791. The van der Waals surface area contributed by atoms with Gasteiger partial charge in [-0.3, -0.25) is 4.68 Å². The molecule has 0 aromatic carbocycles. The lowest BCUT2D eigenvalue weighted by Gasteiger charge is -2.07. The molecule has 0 saturated heterocycles. The van der Waals surface area contributed by atoms with Crippen molar-refractivity contribution in [2.75, 3.05) is 11.9 Å². The zero-order valence-electron chi connectivity index (χ0n) is 10.7. The highest BCUT2D eigenvalue weighted by atomic mass is 79.9. The molecule has 0 aliphatic rings. The van der Waals surface area contributed by atoms with Crippen molar-refractivity contribution >= 4 is 21.6 Å². The number of halogens is 1. The summed E-state index contributed by atoms with van der Waals surface area (Å²) in [6.07, 6.45) is 2.57. The van der Waals surface area contributed by atoms with Gasteiger partial charge in [0, 0.05) is 13.2 Å². The molecule has 0 spiro atoms. The number of aromatic nitrogens is 4. The first kappa shape index (κ1) is 14.0. The predicted octanol–water partition coefficient (Wildman–Crippen LogP) is 1.74. The van der Waals surface area contributed by atoms with Crippen LogP contribution in [0, 0.1) is 6.92 Å². The molecule has 0 saturated carbocycles. The molecule has 2 heterocycles. The Morgan fingerprint density at radius 3 is 3.00 bits per heavy atom. The van der Waals surface area contributed by atoms with Crippen molar-refractivity contribution in [2.45, 2.75) is 26.4 Å². The van der Waals surface area contributed by atoms with Gasteiger partial charge in [0.1, 0.15) is 10.3 Å². The maximum absolute atomic E-state index is 8.75. The Bertz CT molecular complexity index is 543. The van der Waals surface area contributed by atoms with Crippen molar-refractivity contribution in [3.8, 4) is 0 Å². The highest BCUT2D eigenvalue weighted by Gasteiger charge is 2.03. The summed E-state index contributed by atoms with van der Waals surface area (Å²) in [5.41, 5.74) is 2.77. The van der Waals surface area contributed by atoms with Crippen LogP contribution in [0.4, 0.5) is 5.69 Å². The minimum Gasteiger partial charge on any atom is -0.396 e. The third-order valence-corrected chi connectivity index (χ3v) is 3.08. The van der Waals surface area contributed by atoms with Gasteiger partial charge in [0.15, 0.2) is 0 Å². The molecular formula is C12H16BrN5O. The lowest BCUT2D eigenvalue weighted by molar-refractivity contribution is 0.276. The molecule has 2 aromatic rings. The van der Waals surface area contributed by atoms with E-state index in [1.165, 1.54) is 0 Å².